The first kappa shape index (κ1) is 113. The molecule has 752 valence electrons. The molecule has 12 aromatic carbocycles. The van der Waals surface area contributed by atoms with Crippen molar-refractivity contribution >= 4 is 89.1 Å². The number of carbonyl (C=O) groups is 5. The van der Waals surface area contributed by atoms with Gasteiger partial charge in [0.2, 0.25) is 17.7 Å². The first-order chi connectivity index (χ1) is 70.1. The quantitative estimate of drug-likeness (QED) is 0.00737. The van der Waals surface area contributed by atoms with Crippen LogP contribution in [0.3, 0.4) is 0 Å². The van der Waals surface area contributed by atoms with Crippen LogP contribution in [0.2, 0.25) is 27.3 Å². The van der Waals surface area contributed by atoms with Crippen molar-refractivity contribution in [2.45, 2.75) is 155 Å². The zero-order valence-electron chi connectivity index (χ0n) is 82.5. The largest absolute Gasteiger partial charge is 0.370 e. The summed E-state index contributed by atoms with van der Waals surface area (Å²) in [5.74, 6) is -0.589. The minimum absolute atomic E-state index is 0.00896. The molecule has 12 aromatic rings. The molecule has 5 atom stereocenters. The van der Waals surface area contributed by atoms with E-state index >= 15 is 0 Å². The molecule has 7 amide bonds. The summed E-state index contributed by atoms with van der Waals surface area (Å²) >= 11 is 0. The minimum Gasteiger partial charge on any atom is -0.370 e. The molecule has 145 heavy (non-hydrogen) atoms. The number of nitrogens with one attached hydrogen (secondary N) is 13. The van der Waals surface area contributed by atoms with Crippen LogP contribution in [0.1, 0.15) is 118 Å². The number of hydrogen-bond donors (Lipinski definition) is 23. The molecule has 0 radical (unpaired) electrons. The summed E-state index contributed by atoms with van der Waals surface area (Å²) < 4.78 is 4.92. The van der Waals surface area contributed by atoms with Crippen molar-refractivity contribution in [1.29, 1.82) is 0 Å². The van der Waals surface area contributed by atoms with Gasteiger partial charge in [-0.15, -0.1) is 0 Å². The first-order valence-electron chi connectivity index (χ1n) is 47.8. The minimum atomic E-state index is -0.865. The molecular weight excluding hydrogens is 1820 g/mol. The van der Waals surface area contributed by atoms with Crippen LogP contribution in [0, 0.1) is 0 Å². The second kappa shape index (κ2) is 63.5. The Labute approximate surface area is 851 Å². The van der Waals surface area contributed by atoms with E-state index in [4.69, 9.17) is 39.1 Å². The second-order valence-electron chi connectivity index (χ2n) is 34.1. The van der Waals surface area contributed by atoms with E-state index in [2.05, 4.69) is 106 Å². The molecule has 0 aliphatic rings. The van der Waals surface area contributed by atoms with Crippen LogP contribution >= 0.6 is 0 Å². The van der Waals surface area contributed by atoms with Crippen LogP contribution < -0.4 is 103 Å². The summed E-state index contributed by atoms with van der Waals surface area (Å²) in [6.45, 7) is 11.6. The summed E-state index contributed by atoms with van der Waals surface area (Å²) in [6.07, 6.45) is 0.298. The fraction of sp³-hybridized carbons (Fsp3) is 0.236. The SMILES string of the molecule is CB(O)N=C(NCc1cccc(CNB(C)O)c1)NB(C)O.COB=NC(NCc1ccc(CNB(C)O)cc1)NC(=O)NC(N)=NCc1ccc(CNC(=O)C(Cc2ccccc2)c2ccccc2)cc1.NC(N)=NCc1cccc(CNC(=O)C(Cc2ccccc2)c2ccccc2)c1.NCc1ccc(CNC(N)NC(=O)NC(N)=NCc2ccc(CNC(=O)C(Cc3ccccc3)c3ccccc3)cc2)cc1. The maximum Gasteiger partial charge on any atom is 0.323 e. The van der Waals surface area contributed by atoms with Crippen molar-refractivity contribution in [2.24, 2.45) is 59.2 Å². The number of carbonyl (C=O) groups excluding carboxylic acids is 5. The number of benzene rings is 12. The fourth-order valence-electron chi connectivity index (χ4n) is 14.6. The van der Waals surface area contributed by atoms with Crippen molar-refractivity contribution in [3.05, 3.63) is 428 Å². The van der Waals surface area contributed by atoms with Crippen LogP contribution in [0.4, 0.5) is 9.59 Å². The summed E-state index contributed by atoms with van der Waals surface area (Å²) in [5.41, 5.74) is 52.4. The summed E-state index contributed by atoms with van der Waals surface area (Å²) in [6, 6.07) is 105. The smallest absolute Gasteiger partial charge is 0.323 e. The van der Waals surface area contributed by atoms with Gasteiger partial charge < -0.3 is 75.0 Å². The number of nitrogens with zero attached hydrogens (tertiary/aromatic N) is 5. The van der Waals surface area contributed by atoms with Gasteiger partial charge in [-0.25, -0.2) is 14.8 Å². The summed E-state index contributed by atoms with van der Waals surface area (Å²) in [7, 11) is -0.0936. The Bertz CT molecular complexity index is 6010. The Kier molecular flexibility index (Phi) is 49.6. The molecule has 0 bridgehead atoms. The Morgan fingerprint density at radius 1 is 0.352 bits per heavy atom. The second-order valence-corrected chi connectivity index (χ2v) is 34.1. The Hall–Kier alpha value is -15.4. The van der Waals surface area contributed by atoms with E-state index in [1.54, 1.807) is 20.5 Å². The topological polar surface area (TPSA) is 550 Å². The van der Waals surface area contributed by atoms with Gasteiger partial charge in [0.05, 0.1) is 30.8 Å². The van der Waals surface area contributed by atoms with Crippen molar-refractivity contribution in [3.8, 4) is 0 Å². The van der Waals surface area contributed by atoms with E-state index in [9.17, 15) is 44.1 Å². The number of nitrogens with two attached hydrogens (primary N) is 6. The zero-order valence-corrected chi connectivity index (χ0v) is 82.5. The van der Waals surface area contributed by atoms with Gasteiger partial charge in [-0.05, 0) is 118 Å². The Morgan fingerprint density at radius 2 is 0.669 bits per heavy atom. The van der Waals surface area contributed by atoms with Crippen LogP contribution in [-0.4, -0.2) is 129 Å². The van der Waals surface area contributed by atoms with Gasteiger partial charge in [0.25, 0.3) is 0 Å². The predicted molar refractivity (Wildman–Crippen MR) is 581 cm³/mol. The van der Waals surface area contributed by atoms with Gasteiger partial charge in [0.1, 0.15) is 6.29 Å². The van der Waals surface area contributed by atoms with E-state index in [0.717, 1.165) is 100 Å². The molecule has 0 aliphatic heterocycles. The average Bonchev–Trinajstić information content (AvgIpc) is 0.853. The van der Waals surface area contributed by atoms with Gasteiger partial charge in [0, 0.05) is 45.8 Å². The molecular formula is C106H133B5N24O10. The van der Waals surface area contributed by atoms with Crippen molar-refractivity contribution < 1.29 is 48.7 Å². The number of guanidine groups is 4. The number of rotatable bonds is 45. The molecule has 0 heterocycles. The molecule has 0 saturated carbocycles. The van der Waals surface area contributed by atoms with E-state index in [1.807, 2.05) is 315 Å². The molecule has 0 spiro atoms. The van der Waals surface area contributed by atoms with Crippen LogP contribution in [0.25, 0.3) is 0 Å². The summed E-state index contributed by atoms with van der Waals surface area (Å²) in [4.78, 5) is 85.2. The first-order valence-corrected chi connectivity index (χ1v) is 47.8. The van der Waals surface area contributed by atoms with Crippen LogP contribution in [0.5, 0.6) is 0 Å². The number of amides is 7. The molecule has 0 fully saturated rings. The zero-order chi connectivity index (χ0) is 104. The standard InChI is InChI=1S/C36H44B2N8O4.C34H40N8O2.C24H26N4O.C12H23B3N4O3/c1-38(49)43-25-30-19-17-29(18-20-30)24-42-35(46-37-50-2)45-36(48)44-34(39)41-23-28-15-13-27(14-16-28)22-40-33(47)32(31-11-7-4-8-12-31)21-26-9-5-3-6-10-26;35-20-25-11-13-27(14-12-25)22-39-32(36)41-34(44)42-33(37)40-23-28-17-15-26(16-18-28)21-38-31(43)30(29-9-5-2-6-10-29)19-24-7-3-1-4-8-24;25-24(26)28-17-20-11-7-10-19(14-20)16-27-23(29)22(21-12-5-2-6-13-21)15-18-8-3-1-4-9-18;1-13(20)17-9-11-6-4-5-10(7-11)8-16-12(18-14(2)21)19-15(3)22/h3-20,32,35,42-43,49H,21-25H2,1-2H3,(H,40,47)(H4,39,41,44,45,48);1-18,30,32,39H,19-23,35-36H2,(H,38,43)(H4,37,40,41,42,44);1-14,22H,15-17H2,(H,27,29)(H4,25,26,28);4-7,17,20-22H,8-9H2,1-3H3,(H2,16,18,19). The maximum absolute atomic E-state index is 13.3. The predicted octanol–water partition coefficient (Wildman–Crippen LogP) is 8.34. The van der Waals surface area contributed by atoms with Crippen LogP contribution in [0.15, 0.2) is 352 Å². The average molecular weight is 1960 g/mol. The van der Waals surface area contributed by atoms with Crippen molar-refractivity contribution in [2.75, 3.05) is 7.11 Å². The Balaban J connectivity index is 0.000000225. The number of urea groups is 2. The third-order valence-electron chi connectivity index (χ3n) is 22.1. The third kappa shape index (κ3) is 45.2. The molecule has 0 aromatic heterocycles. The third-order valence-corrected chi connectivity index (χ3v) is 22.1. The normalized spacial score (nSPS) is 12.1. The molecule has 39 heteroatoms. The monoisotopic (exact) mass is 1960 g/mol. The van der Waals surface area contributed by atoms with E-state index in [0.29, 0.717) is 90.7 Å². The van der Waals surface area contributed by atoms with Gasteiger partial charge >= 0.3 is 215 Å². The molecule has 12 rings (SSSR count). The molecule has 34 nitrogen and oxygen atoms in total. The molecule has 5 unspecified atom stereocenters. The van der Waals surface area contributed by atoms with E-state index in [-0.39, 0.29) is 66.4 Å². The van der Waals surface area contributed by atoms with Crippen LogP contribution in [-0.2, 0) is 117 Å². The van der Waals surface area contributed by atoms with Gasteiger partial charge in [0.15, 0.2) is 17.9 Å². The molecule has 0 aliphatic carbocycles. The van der Waals surface area contributed by atoms with Crippen molar-refractivity contribution in [1.82, 2.24) is 68.9 Å². The van der Waals surface area contributed by atoms with Gasteiger partial charge in [-0.2, -0.15) is 0 Å². The fourth-order valence-corrected chi connectivity index (χ4v) is 14.6. The van der Waals surface area contributed by atoms with E-state index < -0.39 is 52.8 Å². The molecule has 29 N–H and O–H groups in total. The summed E-state index contributed by atoms with van der Waals surface area (Å²) in [5, 5.41) is 74.6. The van der Waals surface area contributed by atoms with Gasteiger partial charge in [-0.3, -0.25) is 35.7 Å². The van der Waals surface area contributed by atoms with E-state index in [1.165, 1.54) is 21.2 Å². The Morgan fingerprint density at radius 3 is 1.05 bits per heavy atom. The number of hydrogen-bond acceptors (Lipinski definition) is 21. The molecule has 0 saturated heterocycles. The van der Waals surface area contributed by atoms with Gasteiger partial charge in [-0.1, -0.05) is 279 Å². The maximum atomic E-state index is 13.3. The number of aliphatic imine (C=N–C) groups is 3. The van der Waals surface area contributed by atoms with Crippen molar-refractivity contribution in [3.63, 3.8) is 0 Å².